The van der Waals surface area contributed by atoms with Crippen LogP contribution >= 0.6 is 11.8 Å². The van der Waals surface area contributed by atoms with Crippen LogP contribution in [0.15, 0.2) is 59.5 Å². The second kappa shape index (κ2) is 10.1. The smallest absolute Gasteiger partial charge is 0.289 e. The van der Waals surface area contributed by atoms with Crippen molar-refractivity contribution in [1.29, 1.82) is 0 Å². The Balaban J connectivity index is 1.57. The number of aryl methyl sites for hydroxylation is 1. The number of nitrogens with zero attached hydrogens (tertiary/aromatic N) is 4. The molecule has 0 atom stereocenters. The fourth-order valence-corrected chi connectivity index (χ4v) is 5.18. The van der Waals surface area contributed by atoms with Gasteiger partial charge >= 0.3 is 0 Å². The van der Waals surface area contributed by atoms with E-state index in [9.17, 15) is 4.79 Å². The van der Waals surface area contributed by atoms with Crippen LogP contribution in [0.4, 0.5) is 5.82 Å². The highest BCUT2D eigenvalue weighted by molar-refractivity contribution is 7.98. The molecule has 0 spiro atoms. The van der Waals surface area contributed by atoms with Crippen LogP contribution in [-0.4, -0.2) is 39.8 Å². The minimum atomic E-state index is -0.254. The van der Waals surface area contributed by atoms with Gasteiger partial charge in [0.25, 0.3) is 5.91 Å². The van der Waals surface area contributed by atoms with Gasteiger partial charge in [0.05, 0.1) is 5.39 Å². The third kappa shape index (κ3) is 4.65. The van der Waals surface area contributed by atoms with E-state index < -0.39 is 0 Å². The summed E-state index contributed by atoms with van der Waals surface area (Å²) >= 11 is 1.70. The number of hydrogen-bond acceptors (Lipinski definition) is 5. The molecule has 1 aliphatic rings. The number of piperidine rings is 1. The van der Waals surface area contributed by atoms with Gasteiger partial charge in [-0.15, -0.1) is 11.8 Å². The largest absolute Gasteiger partial charge is 0.356 e. The molecule has 0 aliphatic carbocycles. The zero-order valence-electron chi connectivity index (χ0n) is 20.5. The first kappa shape index (κ1) is 23.4. The molecule has 0 radical (unpaired) electrons. The van der Waals surface area contributed by atoms with Crippen LogP contribution in [0.5, 0.6) is 0 Å². The lowest BCUT2D eigenvalue weighted by Crippen LogP contribution is -2.32. The summed E-state index contributed by atoms with van der Waals surface area (Å²) in [5.41, 5.74) is 5.14. The van der Waals surface area contributed by atoms with E-state index in [2.05, 4.69) is 59.2 Å². The number of nitrogens with one attached hydrogen (secondary N) is 1. The van der Waals surface area contributed by atoms with Gasteiger partial charge in [0.1, 0.15) is 5.82 Å². The molecule has 3 heterocycles. The molecule has 180 valence electrons. The first-order valence-corrected chi connectivity index (χ1v) is 13.4. The van der Waals surface area contributed by atoms with Gasteiger partial charge in [-0.1, -0.05) is 30.3 Å². The highest BCUT2D eigenvalue weighted by Gasteiger charge is 2.25. The summed E-state index contributed by atoms with van der Waals surface area (Å²) < 4.78 is 2.15. The maximum Gasteiger partial charge on any atom is 0.289 e. The number of carbonyl (C=O) groups is 1. The Kier molecular flexibility index (Phi) is 6.77. The Bertz CT molecular complexity index is 1340. The number of fused-ring (bicyclic) bond motifs is 1. The highest BCUT2D eigenvalue weighted by Crippen LogP contribution is 2.34. The second-order valence-corrected chi connectivity index (χ2v) is 9.91. The molecule has 5 rings (SSSR count). The molecule has 1 fully saturated rings. The quantitative estimate of drug-likeness (QED) is 0.356. The number of thioether (sulfide) groups is 1. The van der Waals surface area contributed by atoms with E-state index in [1.165, 1.54) is 11.3 Å². The summed E-state index contributed by atoms with van der Waals surface area (Å²) in [4.78, 5) is 26.5. The van der Waals surface area contributed by atoms with E-state index in [0.717, 1.165) is 65.3 Å². The Hall–Kier alpha value is -3.32. The molecule has 2 aromatic heterocycles. The maximum absolute atomic E-state index is 13.3. The van der Waals surface area contributed by atoms with Gasteiger partial charge in [-0.05, 0) is 74.8 Å². The van der Waals surface area contributed by atoms with Crippen molar-refractivity contribution < 1.29 is 4.79 Å². The van der Waals surface area contributed by atoms with Crippen LogP contribution in [0.1, 0.15) is 46.7 Å². The molecule has 0 unspecified atom stereocenters. The van der Waals surface area contributed by atoms with E-state index in [1.807, 2.05) is 30.3 Å². The molecule has 0 bridgehead atoms. The van der Waals surface area contributed by atoms with Gasteiger partial charge in [-0.25, -0.2) is 9.97 Å². The minimum Gasteiger partial charge on any atom is -0.356 e. The van der Waals surface area contributed by atoms with Crippen molar-refractivity contribution in [3.8, 4) is 5.69 Å². The Morgan fingerprint density at radius 2 is 1.69 bits per heavy atom. The molecule has 2 aromatic carbocycles. The topological polar surface area (TPSA) is 63.1 Å². The van der Waals surface area contributed by atoms with E-state index in [4.69, 9.17) is 9.97 Å². The molecule has 1 saturated heterocycles. The van der Waals surface area contributed by atoms with Crippen molar-refractivity contribution in [2.75, 3.05) is 24.2 Å². The minimum absolute atomic E-state index is 0.216. The standard InChI is InChI=1S/C28H31N5OS/c1-19-20(2)33(22-10-6-4-7-11-22)27-24(19)26(32-16-8-5-9-17-32)30-25(31-27)28(34)29-18-21-12-14-23(35-3)15-13-21/h4,6-7,10-15H,5,8-9,16-18H2,1-3H3,(H,29,34). The number of rotatable bonds is 6. The van der Waals surface area contributed by atoms with Crippen LogP contribution in [0.25, 0.3) is 16.7 Å². The van der Waals surface area contributed by atoms with Gasteiger partial charge in [-0.3, -0.25) is 9.36 Å². The molecule has 7 heteroatoms. The lowest BCUT2D eigenvalue weighted by Gasteiger charge is -2.28. The van der Waals surface area contributed by atoms with Crippen LogP contribution in [0.2, 0.25) is 0 Å². The van der Waals surface area contributed by atoms with Gasteiger partial charge in [0.15, 0.2) is 5.65 Å². The third-order valence-corrected chi connectivity index (χ3v) is 7.56. The maximum atomic E-state index is 13.3. The fraction of sp³-hybridized carbons (Fsp3) is 0.321. The summed E-state index contributed by atoms with van der Waals surface area (Å²) in [5.74, 6) is 0.836. The molecule has 6 nitrogen and oxygen atoms in total. The van der Waals surface area contributed by atoms with Crippen molar-refractivity contribution in [2.24, 2.45) is 0 Å². The monoisotopic (exact) mass is 485 g/mol. The van der Waals surface area contributed by atoms with Crippen molar-refractivity contribution in [3.05, 3.63) is 77.2 Å². The Morgan fingerprint density at radius 3 is 2.37 bits per heavy atom. The summed E-state index contributed by atoms with van der Waals surface area (Å²) in [6.45, 7) is 6.58. The lowest BCUT2D eigenvalue weighted by atomic mass is 10.1. The fourth-order valence-electron chi connectivity index (χ4n) is 4.78. The molecule has 4 aromatic rings. The first-order chi connectivity index (χ1) is 17.1. The summed E-state index contributed by atoms with van der Waals surface area (Å²) in [5, 5.41) is 4.07. The predicted octanol–water partition coefficient (Wildman–Crippen LogP) is 5.68. The normalized spacial score (nSPS) is 13.9. The number of benzene rings is 2. The number of anilines is 1. The number of para-hydroxylation sites is 1. The van der Waals surface area contributed by atoms with E-state index in [1.54, 1.807) is 11.8 Å². The SMILES string of the molecule is CSc1ccc(CNC(=O)c2nc(N3CCCCC3)c3c(C)c(C)n(-c4ccccc4)c3n2)cc1. The van der Waals surface area contributed by atoms with Crippen molar-refractivity contribution in [2.45, 2.75) is 44.6 Å². The Labute approximate surface area is 210 Å². The summed E-state index contributed by atoms with van der Waals surface area (Å²) in [6, 6.07) is 18.4. The van der Waals surface area contributed by atoms with Gasteiger partial charge in [0.2, 0.25) is 5.82 Å². The number of aromatic nitrogens is 3. The van der Waals surface area contributed by atoms with E-state index >= 15 is 0 Å². The van der Waals surface area contributed by atoms with Crippen LogP contribution in [0.3, 0.4) is 0 Å². The molecule has 1 aliphatic heterocycles. The van der Waals surface area contributed by atoms with Crippen LogP contribution in [-0.2, 0) is 6.54 Å². The molecule has 35 heavy (non-hydrogen) atoms. The first-order valence-electron chi connectivity index (χ1n) is 12.2. The lowest BCUT2D eigenvalue weighted by molar-refractivity contribution is 0.0941. The van der Waals surface area contributed by atoms with Crippen LogP contribution in [0, 0.1) is 13.8 Å². The average molecular weight is 486 g/mol. The zero-order valence-corrected chi connectivity index (χ0v) is 21.4. The summed E-state index contributed by atoms with van der Waals surface area (Å²) in [6.07, 6.45) is 5.56. The highest BCUT2D eigenvalue weighted by atomic mass is 32.2. The summed E-state index contributed by atoms with van der Waals surface area (Å²) in [7, 11) is 0. The number of carbonyl (C=O) groups excluding carboxylic acids is 1. The second-order valence-electron chi connectivity index (χ2n) is 9.03. The van der Waals surface area contributed by atoms with Crippen molar-refractivity contribution >= 4 is 34.5 Å². The van der Waals surface area contributed by atoms with Gasteiger partial charge in [-0.2, -0.15) is 0 Å². The Morgan fingerprint density at radius 1 is 0.971 bits per heavy atom. The third-order valence-electron chi connectivity index (χ3n) is 6.82. The van der Waals surface area contributed by atoms with Gasteiger partial charge in [0, 0.05) is 35.9 Å². The van der Waals surface area contributed by atoms with Crippen LogP contribution < -0.4 is 10.2 Å². The molecule has 0 saturated carbocycles. The molecular formula is C28H31N5OS. The molecule has 1 N–H and O–H groups in total. The number of hydrogen-bond donors (Lipinski definition) is 1. The predicted molar refractivity (Wildman–Crippen MR) is 144 cm³/mol. The van der Waals surface area contributed by atoms with E-state index in [-0.39, 0.29) is 11.7 Å². The molecule has 1 amide bonds. The zero-order chi connectivity index (χ0) is 24.4. The van der Waals surface area contributed by atoms with Crippen molar-refractivity contribution in [1.82, 2.24) is 19.9 Å². The van der Waals surface area contributed by atoms with E-state index in [0.29, 0.717) is 6.54 Å². The molecular weight excluding hydrogens is 454 g/mol. The van der Waals surface area contributed by atoms with Gasteiger partial charge < -0.3 is 10.2 Å². The van der Waals surface area contributed by atoms with Crippen molar-refractivity contribution in [3.63, 3.8) is 0 Å². The average Bonchev–Trinajstić information content (AvgIpc) is 3.17. The number of amides is 1.